The number of benzene rings is 1. The molecule has 1 aromatic rings. The molecule has 102 valence electrons. The van der Waals surface area contributed by atoms with E-state index in [1.165, 1.54) is 37.9 Å². The number of hydrogen-bond acceptors (Lipinski definition) is 2. The standard InChI is InChI=1S/C17H24N2/c1-15-4-3-12-19(13-10-15)14-17-8-6-16(7-9-17)5-2-11-18/h6-9,15H,3-4,10-14,18H2,1H3. The van der Waals surface area contributed by atoms with Crippen molar-refractivity contribution in [2.45, 2.75) is 32.7 Å². The van der Waals surface area contributed by atoms with Crippen LogP contribution in [0.1, 0.15) is 37.3 Å². The number of rotatable bonds is 2. The summed E-state index contributed by atoms with van der Waals surface area (Å²) in [6, 6.07) is 8.57. The van der Waals surface area contributed by atoms with E-state index in [0.29, 0.717) is 6.54 Å². The van der Waals surface area contributed by atoms with Crippen molar-refractivity contribution in [1.82, 2.24) is 4.90 Å². The third-order valence-corrected chi connectivity index (χ3v) is 3.80. The lowest BCUT2D eigenvalue weighted by Crippen LogP contribution is -2.24. The Morgan fingerprint density at radius 1 is 1.21 bits per heavy atom. The molecule has 1 aromatic carbocycles. The third-order valence-electron chi connectivity index (χ3n) is 3.80. The summed E-state index contributed by atoms with van der Waals surface area (Å²) in [5, 5.41) is 0. The van der Waals surface area contributed by atoms with Gasteiger partial charge in [0.15, 0.2) is 0 Å². The van der Waals surface area contributed by atoms with Crippen molar-refractivity contribution in [3.8, 4) is 11.8 Å². The van der Waals surface area contributed by atoms with Crippen molar-refractivity contribution in [1.29, 1.82) is 0 Å². The zero-order valence-corrected chi connectivity index (χ0v) is 11.9. The van der Waals surface area contributed by atoms with Gasteiger partial charge in [-0.2, -0.15) is 0 Å². The van der Waals surface area contributed by atoms with Gasteiger partial charge in [-0.3, -0.25) is 4.90 Å². The van der Waals surface area contributed by atoms with E-state index in [4.69, 9.17) is 5.73 Å². The van der Waals surface area contributed by atoms with Gasteiger partial charge in [0, 0.05) is 12.1 Å². The Kier molecular flexibility index (Phi) is 5.44. The summed E-state index contributed by atoms with van der Waals surface area (Å²) >= 11 is 0. The predicted molar refractivity (Wildman–Crippen MR) is 80.7 cm³/mol. The Morgan fingerprint density at radius 3 is 2.74 bits per heavy atom. The van der Waals surface area contributed by atoms with Gasteiger partial charge < -0.3 is 5.73 Å². The first-order chi connectivity index (χ1) is 9.28. The molecule has 1 saturated heterocycles. The number of likely N-dealkylation sites (tertiary alicyclic amines) is 1. The van der Waals surface area contributed by atoms with Gasteiger partial charge in [-0.1, -0.05) is 30.9 Å². The van der Waals surface area contributed by atoms with Gasteiger partial charge in [0.25, 0.3) is 0 Å². The van der Waals surface area contributed by atoms with Crippen LogP contribution >= 0.6 is 0 Å². The normalized spacial score (nSPS) is 20.4. The first-order valence-electron chi connectivity index (χ1n) is 7.28. The van der Waals surface area contributed by atoms with E-state index >= 15 is 0 Å². The van der Waals surface area contributed by atoms with Crippen molar-refractivity contribution in [2.24, 2.45) is 11.7 Å². The summed E-state index contributed by atoms with van der Waals surface area (Å²) < 4.78 is 0. The molecular weight excluding hydrogens is 232 g/mol. The van der Waals surface area contributed by atoms with Crippen molar-refractivity contribution >= 4 is 0 Å². The summed E-state index contributed by atoms with van der Waals surface area (Å²) in [6.07, 6.45) is 4.05. The minimum atomic E-state index is 0.424. The fourth-order valence-corrected chi connectivity index (χ4v) is 2.59. The summed E-state index contributed by atoms with van der Waals surface area (Å²) in [6.45, 7) is 6.33. The van der Waals surface area contributed by atoms with Crippen LogP contribution in [0.25, 0.3) is 0 Å². The van der Waals surface area contributed by atoms with Crippen LogP contribution in [0, 0.1) is 17.8 Å². The van der Waals surface area contributed by atoms with Gasteiger partial charge in [-0.15, -0.1) is 0 Å². The summed E-state index contributed by atoms with van der Waals surface area (Å²) in [7, 11) is 0. The molecule has 1 aliphatic rings. The smallest absolute Gasteiger partial charge is 0.0555 e. The Hall–Kier alpha value is -1.30. The highest BCUT2D eigenvalue weighted by atomic mass is 15.1. The number of hydrogen-bond donors (Lipinski definition) is 1. The first-order valence-corrected chi connectivity index (χ1v) is 7.28. The molecule has 1 heterocycles. The minimum Gasteiger partial charge on any atom is -0.320 e. The molecule has 0 bridgehead atoms. The van der Waals surface area contributed by atoms with Crippen molar-refractivity contribution in [3.05, 3.63) is 35.4 Å². The molecule has 1 atom stereocenters. The van der Waals surface area contributed by atoms with Crippen LogP contribution in [0.3, 0.4) is 0 Å². The maximum Gasteiger partial charge on any atom is 0.0555 e. The predicted octanol–water partition coefficient (Wildman–Crippen LogP) is 2.62. The molecule has 2 rings (SSSR count). The van der Waals surface area contributed by atoms with Gasteiger partial charge in [-0.05, 0) is 56.0 Å². The second-order valence-electron chi connectivity index (χ2n) is 5.52. The third kappa shape index (κ3) is 4.70. The zero-order chi connectivity index (χ0) is 13.5. The van der Waals surface area contributed by atoms with Crippen molar-refractivity contribution < 1.29 is 0 Å². The monoisotopic (exact) mass is 256 g/mol. The van der Waals surface area contributed by atoms with Crippen molar-refractivity contribution in [3.63, 3.8) is 0 Å². The second kappa shape index (κ2) is 7.33. The molecule has 0 aliphatic carbocycles. The van der Waals surface area contributed by atoms with Crippen LogP contribution in [0.15, 0.2) is 24.3 Å². The fourth-order valence-electron chi connectivity index (χ4n) is 2.59. The molecule has 0 amide bonds. The molecule has 2 nitrogen and oxygen atoms in total. The van der Waals surface area contributed by atoms with E-state index in [1.807, 2.05) is 0 Å². The average Bonchev–Trinajstić information content (AvgIpc) is 2.63. The van der Waals surface area contributed by atoms with E-state index in [-0.39, 0.29) is 0 Å². The van der Waals surface area contributed by atoms with Crippen LogP contribution in [0.4, 0.5) is 0 Å². The molecule has 0 spiro atoms. The van der Waals surface area contributed by atoms with Crippen LogP contribution < -0.4 is 5.73 Å². The topological polar surface area (TPSA) is 29.3 Å². The largest absolute Gasteiger partial charge is 0.320 e. The summed E-state index contributed by atoms with van der Waals surface area (Å²) in [5.41, 5.74) is 7.81. The maximum atomic E-state index is 5.38. The van der Waals surface area contributed by atoms with Crippen LogP contribution in [-0.2, 0) is 6.54 Å². The molecule has 2 N–H and O–H groups in total. The fraction of sp³-hybridized carbons (Fsp3) is 0.529. The Balaban J connectivity index is 1.91. The molecule has 2 heteroatoms. The Morgan fingerprint density at radius 2 is 2.00 bits per heavy atom. The highest BCUT2D eigenvalue weighted by Crippen LogP contribution is 2.18. The minimum absolute atomic E-state index is 0.424. The molecule has 0 radical (unpaired) electrons. The van der Waals surface area contributed by atoms with Gasteiger partial charge in [0.05, 0.1) is 6.54 Å². The molecule has 1 fully saturated rings. The molecule has 1 unspecified atom stereocenters. The lowest BCUT2D eigenvalue weighted by Gasteiger charge is -2.19. The highest BCUT2D eigenvalue weighted by molar-refractivity contribution is 5.36. The summed E-state index contributed by atoms with van der Waals surface area (Å²) in [4.78, 5) is 2.57. The van der Waals surface area contributed by atoms with Gasteiger partial charge in [0.2, 0.25) is 0 Å². The van der Waals surface area contributed by atoms with Crippen molar-refractivity contribution in [2.75, 3.05) is 19.6 Å². The van der Waals surface area contributed by atoms with E-state index < -0.39 is 0 Å². The molecular formula is C17H24N2. The van der Waals surface area contributed by atoms with Crippen LogP contribution in [0.2, 0.25) is 0 Å². The SMILES string of the molecule is CC1CCCN(Cc2ccc(C#CCN)cc2)CC1. The number of nitrogens with two attached hydrogens (primary N) is 1. The van der Waals surface area contributed by atoms with Crippen LogP contribution in [0.5, 0.6) is 0 Å². The average molecular weight is 256 g/mol. The van der Waals surface area contributed by atoms with E-state index in [2.05, 4.69) is 47.9 Å². The van der Waals surface area contributed by atoms with Gasteiger partial charge in [0.1, 0.15) is 0 Å². The number of nitrogens with zero attached hydrogens (tertiary/aromatic N) is 1. The lowest BCUT2D eigenvalue weighted by molar-refractivity contribution is 0.273. The molecule has 1 aliphatic heterocycles. The van der Waals surface area contributed by atoms with Gasteiger partial charge >= 0.3 is 0 Å². The quantitative estimate of drug-likeness (QED) is 0.824. The van der Waals surface area contributed by atoms with E-state index in [9.17, 15) is 0 Å². The maximum absolute atomic E-state index is 5.38. The van der Waals surface area contributed by atoms with Crippen LogP contribution in [-0.4, -0.2) is 24.5 Å². The Bertz CT molecular complexity index is 439. The highest BCUT2D eigenvalue weighted by Gasteiger charge is 2.13. The molecule has 0 saturated carbocycles. The van der Waals surface area contributed by atoms with Gasteiger partial charge in [-0.25, -0.2) is 0 Å². The van der Waals surface area contributed by atoms with E-state index in [1.54, 1.807) is 0 Å². The first kappa shape index (κ1) is 14.1. The van der Waals surface area contributed by atoms with E-state index in [0.717, 1.165) is 18.0 Å². The zero-order valence-electron chi connectivity index (χ0n) is 11.9. The molecule has 0 aromatic heterocycles. The Labute approximate surface area is 117 Å². The molecule has 19 heavy (non-hydrogen) atoms. The lowest BCUT2D eigenvalue weighted by atomic mass is 10.0. The summed E-state index contributed by atoms with van der Waals surface area (Å²) in [5.74, 6) is 6.84. The second-order valence-corrected chi connectivity index (χ2v) is 5.52.